The van der Waals surface area contributed by atoms with Crippen LogP contribution >= 0.6 is 0 Å². The first-order chi connectivity index (χ1) is 7.77. The van der Waals surface area contributed by atoms with Gasteiger partial charge in [0.15, 0.2) is 0 Å². The molecule has 0 saturated heterocycles. The number of aryl methyl sites for hydroxylation is 1. The van der Waals surface area contributed by atoms with Crippen molar-refractivity contribution in [1.82, 2.24) is 0 Å². The number of carbonyl (C=O) groups is 1. The first kappa shape index (κ1) is 15.6. The average Bonchev–Trinajstić information content (AvgIpc) is 2.17. The molecule has 6 heteroatoms. The van der Waals surface area contributed by atoms with E-state index in [-0.39, 0.29) is 4.90 Å². The fraction of sp³-hybridized carbons (Fsp3) is 0.364. The standard InChI is InChI=1S/C7H8O3S.C4H8O2/c1-6-2-4-7(5-3-6)11(8,9)10;1-2-3-4(5)6/h2-5H,1H3,(H,8,9,10);2-3H2,1H3,(H,5,6). The van der Waals surface area contributed by atoms with Crippen LogP contribution in [0.2, 0.25) is 0 Å². The van der Waals surface area contributed by atoms with Crippen LogP contribution in [0.1, 0.15) is 25.3 Å². The van der Waals surface area contributed by atoms with Crippen LogP contribution in [0, 0.1) is 6.92 Å². The summed E-state index contributed by atoms with van der Waals surface area (Å²) in [7, 11) is -4.02. The van der Waals surface area contributed by atoms with Crippen LogP contribution in [0.15, 0.2) is 29.2 Å². The molecule has 0 unspecified atom stereocenters. The molecule has 0 bridgehead atoms. The van der Waals surface area contributed by atoms with E-state index < -0.39 is 16.1 Å². The maximum Gasteiger partial charge on any atom is 0.303 e. The SMILES string of the molecule is CCCC(=O)O.Cc1ccc(S(=O)(=O)O)cc1. The topological polar surface area (TPSA) is 91.7 Å². The van der Waals surface area contributed by atoms with E-state index >= 15 is 0 Å². The van der Waals surface area contributed by atoms with E-state index in [1.54, 1.807) is 12.1 Å². The van der Waals surface area contributed by atoms with Crippen LogP contribution in [-0.4, -0.2) is 24.0 Å². The van der Waals surface area contributed by atoms with Crippen molar-refractivity contribution in [2.75, 3.05) is 0 Å². The number of aliphatic carboxylic acids is 1. The monoisotopic (exact) mass is 260 g/mol. The van der Waals surface area contributed by atoms with Gasteiger partial charge < -0.3 is 5.11 Å². The highest BCUT2D eigenvalue weighted by Crippen LogP contribution is 2.08. The molecule has 1 aromatic carbocycles. The van der Waals surface area contributed by atoms with E-state index in [1.165, 1.54) is 12.1 Å². The van der Waals surface area contributed by atoms with E-state index in [4.69, 9.17) is 9.66 Å². The lowest BCUT2D eigenvalue weighted by atomic mass is 10.2. The minimum Gasteiger partial charge on any atom is -0.481 e. The summed E-state index contributed by atoms with van der Waals surface area (Å²) in [6.45, 7) is 3.68. The molecule has 0 radical (unpaired) electrons. The lowest BCUT2D eigenvalue weighted by Gasteiger charge is -1.95. The van der Waals surface area contributed by atoms with Crippen LogP contribution in [0.4, 0.5) is 0 Å². The van der Waals surface area contributed by atoms with Crippen molar-refractivity contribution in [3.63, 3.8) is 0 Å². The molecule has 0 aromatic heterocycles. The quantitative estimate of drug-likeness (QED) is 0.812. The van der Waals surface area contributed by atoms with Crippen molar-refractivity contribution in [2.45, 2.75) is 31.6 Å². The van der Waals surface area contributed by atoms with E-state index in [1.807, 2.05) is 13.8 Å². The van der Waals surface area contributed by atoms with E-state index in [0.29, 0.717) is 6.42 Å². The van der Waals surface area contributed by atoms with Crippen LogP contribution in [0.3, 0.4) is 0 Å². The lowest BCUT2D eigenvalue weighted by Crippen LogP contribution is -1.96. The second-order valence-electron chi connectivity index (χ2n) is 3.43. The van der Waals surface area contributed by atoms with E-state index in [2.05, 4.69) is 0 Å². The number of benzene rings is 1. The molecule has 0 amide bonds. The molecule has 0 saturated carbocycles. The maximum atomic E-state index is 10.5. The minimum absolute atomic E-state index is 0.0666. The van der Waals surface area contributed by atoms with Gasteiger partial charge in [-0.3, -0.25) is 9.35 Å². The summed E-state index contributed by atoms with van der Waals surface area (Å²) < 4.78 is 29.6. The number of rotatable bonds is 3. The highest BCUT2D eigenvalue weighted by Gasteiger charge is 2.06. The number of carboxylic acid groups (broad SMARTS) is 1. The van der Waals surface area contributed by atoms with Crippen molar-refractivity contribution in [2.24, 2.45) is 0 Å². The van der Waals surface area contributed by atoms with Crippen LogP contribution in [0.25, 0.3) is 0 Å². The Morgan fingerprint density at radius 3 is 1.94 bits per heavy atom. The Morgan fingerprint density at radius 1 is 1.24 bits per heavy atom. The Morgan fingerprint density at radius 2 is 1.71 bits per heavy atom. The van der Waals surface area contributed by atoms with Crippen molar-refractivity contribution in [3.8, 4) is 0 Å². The second-order valence-corrected chi connectivity index (χ2v) is 4.85. The highest BCUT2D eigenvalue weighted by molar-refractivity contribution is 7.85. The van der Waals surface area contributed by atoms with Gasteiger partial charge in [0.2, 0.25) is 0 Å². The summed E-state index contributed by atoms with van der Waals surface area (Å²) in [6.07, 6.45) is 1.02. The zero-order valence-electron chi connectivity index (χ0n) is 9.75. The fourth-order valence-electron chi connectivity index (χ4n) is 0.924. The minimum atomic E-state index is -4.02. The molecule has 5 nitrogen and oxygen atoms in total. The van der Waals surface area contributed by atoms with Crippen LogP contribution in [-0.2, 0) is 14.9 Å². The molecule has 0 fully saturated rings. The molecule has 0 atom stereocenters. The molecule has 0 aliphatic rings. The number of hydrogen-bond donors (Lipinski definition) is 2. The Hall–Kier alpha value is -1.40. The molecular weight excluding hydrogens is 244 g/mol. The molecule has 17 heavy (non-hydrogen) atoms. The summed E-state index contributed by atoms with van der Waals surface area (Å²) in [6, 6.07) is 5.99. The van der Waals surface area contributed by atoms with Crippen molar-refractivity contribution in [1.29, 1.82) is 0 Å². The Bertz CT molecular complexity index is 447. The summed E-state index contributed by atoms with van der Waals surface area (Å²) in [5.74, 6) is -0.711. The third-order valence-corrected chi connectivity index (χ3v) is 2.65. The van der Waals surface area contributed by atoms with Gasteiger partial charge in [-0.05, 0) is 25.5 Å². The zero-order chi connectivity index (χ0) is 13.5. The summed E-state index contributed by atoms with van der Waals surface area (Å²) >= 11 is 0. The highest BCUT2D eigenvalue weighted by atomic mass is 32.2. The predicted molar refractivity (Wildman–Crippen MR) is 63.5 cm³/mol. The summed E-state index contributed by atoms with van der Waals surface area (Å²) in [5, 5.41) is 7.91. The normalized spacial score (nSPS) is 10.3. The van der Waals surface area contributed by atoms with Gasteiger partial charge in [0.25, 0.3) is 10.1 Å². The first-order valence-corrected chi connectivity index (χ1v) is 6.47. The second kappa shape index (κ2) is 7.03. The third-order valence-electron chi connectivity index (χ3n) is 1.78. The smallest absolute Gasteiger partial charge is 0.303 e. The average molecular weight is 260 g/mol. The van der Waals surface area contributed by atoms with Gasteiger partial charge in [-0.2, -0.15) is 8.42 Å². The maximum absolute atomic E-state index is 10.5. The fourth-order valence-corrected chi connectivity index (χ4v) is 1.40. The first-order valence-electron chi connectivity index (χ1n) is 5.03. The zero-order valence-corrected chi connectivity index (χ0v) is 10.6. The molecule has 0 aliphatic heterocycles. The molecule has 1 rings (SSSR count). The van der Waals surface area contributed by atoms with Gasteiger partial charge in [0.1, 0.15) is 0 Å². The molecule has 2 N–H and O–H groups in total. The molecule has 0 spiro atoms. The van der Waals surface area contributed by atoms with Crippen molar-refractivity contribution in [3.05, 3.63) is 29.8 Å². The molecule has 96 valence electrons. The van der Waals surface area contributed by atoms with Gasteiger partial charge in [-0.1, -0.05) is 24.6 Å². The lowest BCUT2D eigenvalue weighted by molar-refractivity contribution is -0.137. The van der Waals surface area contributed by atoms with Crippen molar-refractivity contribution >= 4 is 16.1 Å². The van der Waals surface area contributed by atoms with E-state index in [9.17, 15) is 13.2 Å². The van der Waals surface area contributed by atoms with Gasteiger partial charge in [-0.25, -0.2) is 0 Å². The third kappa shape index (κ3) is 7.48. The predicted octanol–water partition coefficient (Wildman–Crippen LogP) is 2.11. The summed E-state index contributed by atoms with van der Waals surface area (Å²) in [5.41, 5.74) is 0.956. The molecule has 1 aromatic rings. The van der Waals surface area contributed by atoms with Gasteiger partial charge in [-0.15, -0.1) is 0 Å². The molecule has 0 aliphatic carbocycles. The molecule has 0 heterocycles. The Balaban J connectivity index is 0.000000366. The van der Waals surface area contributed by atoms with Crippen molar-refractivity contribution < 1.29 is 22.9 Å². The van der Waals surface area contributed by atoms with Gasteiger partial charge in [0, 0.05) is 6.42 Å². The largest absolute Gasteiger partial charge is 0.481 e. The van der Waals surface area contributed by atoms with Crippen LogP contribution < -0.4 is 0 Å². The molecular formula is C11H16O5S. The summed E-state index contributed by atoms with van der Waals surface area (Å²) in [4.78, 5) is 9.53. The van der Waals surface area contributed by atoms with Gasteiger partial charge in [0.05, 0.1) is 4.90 Å². The Labute approximate surface area is 101 Å². The number of carboxylic acids is 1. The van der Waals surface area contributed by atoms with E-state index in [0.717, 1.165) is 12.0 Å². The number of hydrogen-bond acceptors (Lipinski definition) is 3. The van der Waals surface area contributed by atoms with Gasteiger partial charge >= 0.3 is 5.97 Å². The Kier molecular flexibility index (Phi) is 6.45. The van der Waals surface area contributed by atoms with Crippen LogP contribution in [0.5, 0.6) is 0 Å².